The monoisotopic (exact) mass is 480 g/mol. The summed E-state index contributed by atoms with van der Waals surface area (Å²) in [5.74, 6) is 0.204. The molecule has 160 valence electrons. The van der Waals surface area contributed by atoms with E-state index >= 15 is 0 Å². The molecule has 6 heteroatoms. The Morgan fingerprint density at radius 3 is 2.16 bits per heavy atom. The van der Waals surface area contributed by atoms with Gasteiger partial charge in [0.15, 0.2) is 0 Å². The van der Waals surface area contributed by atoms with E-state index in [1.54, 1.807) is 42.5 Å². The minimum atomic E-state index is -0.267. The van der Waals surface area contributed by atoms with E-state index in [1.165, 1.54) is 0 Å². The Bertz CT molecular complexity index is 1080. The van der Waals surface area contributed by atoms with Gasteiger partial charge >= 0.3 is 0 Å². The number of nitrogens with one attached hydrogen (secondary N) is 2. The summed E-state index contributed by atoms with van der Waals surface area (Å²) in [4.78, 5) is 25.3. The van der Waals surface area contributed by atoms with Crippen molar-refractivity contribution in [3.8, 4) is 5.75 Å². The maximum atomic E-state index is 12.7. The molecule has 3 aromatic carbocycles. The normalized spacial score (nSPS) is 10.4. The minimum absolute atomic E-state index is 0.238. The van der Waals surface area contributed by atoms with E-state index in [2.05, 4.69) is 33.5 Å². The summed E-state index contributed by atoms with van der Waals surface area (Å²) >= 11 is 3.46. The summed E-state index contributed by atoms with van der Waals surface area (Å²) in [7, 11) is 0. The molecule has 5 nitrogen and oxygen atoms in total. The number of halogens is 1. The van der Waals surface area contributed by atoms with Gasteiger partial charge in [-0.1, -0.05) is 31.5 Å². The summed E-state index contributed by atoms with van der Waals surface area (Å²) in [6.07, 6.45) is 2.03. The molecule has 0 saturated heterocycles. The van der Waals surface area contributed by atoms with E-state index in [1.807, 2.05) is 31.2 Å². The Kier molecular flexibility index (Phi) is 7.84. The van der Waals surface area contributed by atoms with Crippen molar-refractivity contribution in [1.82, 2.24) is 0 Å². The lowest BCUT2D eigenvalue weighted by molar-refractivity contribution is 0.101. The molecule has 31 heavy (non-hydrogen) atoms. The van der Waals surface area contributed by atoms with Crippen LogP contribution >= 0.6 is 15.9 Å². The fourth-order valence-electron chi connectivity index (χ4n) is 2.95. The summed E-state index contributed by atoms with van der Waals surface area (Å²) in [6.45, 7) is 4.71. The molecule has 2 amide bonds. The van der Waals surface area contributed by atoms with Crippen molar-refractivity contribution < 1.29 is 14.3 Å². The predicted molar refractivity (Wildman–Crippen MR) is 128 cm³/mol. The average Bonchev–Trinajstić information content (AvgIpc) is 2.75. The first kappa shape index (κ1) is 22.6. The van der Waals surface area contributed by atoms with Crippen molar-refractivity contribution in [1.29, 1.82) is 0 Å². The van der Waals surface area contributed by atoms with Gasteiger partial charge in [0, 0.05) is 22.5 Å². The van der Waals surface area contributed by atoms with Crippen LogP contribution in [-0.2, 0) is 0 Å². The average molecular weight is 481 g/mol. The van der Waals surface area contributed by atoms with Crippen LogP contribution < -0.4 is 15.4 Å². The molecule has 0 heterocycles. The molecule has 3 aromatic rings. The summed E-state index contributed by atoms with van der Waals surface area (Å²) < 4.78 is 6.43. The lowest BCUT2D eigenvalue weighted by Crippen LogP contribution is -2.15. The quantitative estimate of drug-likeness (QED) is 0.364. The van der Waals surface area contributed by atoms with Crippen LogP contribution in [0, 0.1) is 6.92 Å². The van der Waals surface area contributed by atoms with Gasteiger partial charge in [-0.25, -0.2) is 0 Å². The molecule has 0 atom stereocenters. The Labute approximate surface area is 191 Å². The third-order valence-electron chi connectivity index (χ3n) is 4.61. The van der Waals surface area contributed by atoms with Crippen LogP contribution in [0.3, 0.4) is 0 Å². The van der Waals surface area contributed by atoms with Crippen LogP contribution in [-0.4, -0.2) is 18.4 Å². The molecule has 2 N–H and O–H groups in total. The van der Waals surface area contributed by atoms with Crippen LogP contribution in [0.25, 0.3) is 0 Å². The minimum Gasteiger partial charge on any atom is -0.492 e. The fourth-order valence-corrected chi connectivity index (χ4v) is 3.45. The molecular formula is C25H25BrN2O3. The van der Waals surface area contributed by atoms with Crippen LogP contribution in [0.1, 0.15) is 46.0 Å². The number of carbonyl (C=O) groups is 2. The zero-order valence-corrected chi connectivity index (χ0v) is 19.2. The Hall–Kier alpha value is -3.12. The van der Waals surface area contributed by atoms with Crippen LogP contribution in [0.4, 0.5) is 11.4 Å². The van der Waals surface area contributed by atoms with Gasteiger partial charge in [0.25, 0.3) is 11.8 Å². The van der Waals surface area contributed by atoms with Crippen LogP contribution in [0.15, 0.2) is 71.2 Å². The van der Waals surface area contributed by atoms with Gasteiger partial charge < -0.3 is 15.4 Å². The highest BCUT2D eigenvalue weighted by Crippen LogP contribution is 2.27. The molecular weight excluding hydrogens is 456 g/mol. The second-order valence-electron chi connectivity index (χ2n) is 7.21. The van der Waals surface area contributed by atoms with E-state index in [-0.39, 0.29) is 11.8 Å². The van der Waals surface area contributed by atoms with E-state index in [9.17, 15) is 9.59 Å². The first-order valence-corrected chi connectivity index (χ1v) is 11.0. The second kappa shape index (κ2) is 10.8. The molecule has 0 aliphatic carbocycles. The van der Waals surface area contributed by atoms with Crippen molar-refractivity contribution in [2.75, 3.05) is 17.2 Å². The number of anilines is 2. The lowest BCUT2D eigenvalue weighted by Gasteiger charge is -2.11. The topological polar surface area (TPSA) is 67.4 Å². The summed E-state index contributed by atoms with van der Waals surface area (Å²) in [5.41, 5.74) is 3.28. The molecule has 0 unspecified atom stereocenters. The van der Waals surface area contributed by atoms with Gasteiger partial charge in [-0.05, 0) is 83.4 Å². The fraction of sp³-hybridized carbons (Fsp3) is 0.200. The van der Waals surface area contributed by atoms with Crippen molar-refractivity contribution >= 4 is 39.1 Å². The largest absolute Gasteiger partial charge is 0.492 e. The molecule has 0 bridgehead atoms. The van der Waals surface area contributed by atoms with Gasteiger partial charge in [0.1, 0.15) is 5.75 Å². The SMILES string of the molecule is CCCCOc1ccc(C(=O)Nc2cccc(C(=O)Nc3cccc(C)c3)c2)cc1Br. The van der Waals surface area contributed by atoms with E-state index in [0.717, 1.165) is 28.6 Å². The number of hydrogen-bond acceptors (Lipinski definition) is 3. The molecule has 3 rings (SSSR count). The van der Waals surface area contributed by atoms with E-state index in [4.69, 9.17) is 4.74 Å². The highest BCUT2D eigenvalue weighted by atomic mass is 79.9. The maximum absolute atomic E-state index is 12.7. The highest BCUT2D eigenvalue weighted by Gasteiger charge is 2.12. The van der Waals surface area contributed by atoms with Gasteiger partial charge in [0.2, 0.25) is 0 Å². The van der Waals surface area contributed by atoms with Crippen molar-refractivity contribution in [2.45, 2.75) is 26.7 Å². The smallest absolute Gasteiger partial charge is 0.255 e. The molecule has 0 saturated carbocycles. The van der Waals surface area contributed by atoms with Crippen LogP contribution in [0.5, 0.6) is 5.75 Å². The van der Waals surface area contributed by atoms with Crippen molar-refractivity contribution in [3.05, 3.63) is 87.9 Å². The van der Waals surface area contributed by atoms with Gasteiger partial charge in [0.05, 0.1) is 11.1 Å². The number of rotatable bonds is 8. The Morgan fingerprint density at radius 2 is 1.52 bits per heavy atom. The maximum Gasteiger partial charge on any atom is 0.255 e. The standard InChI is InChI=1S/C25H25BrN2O3/c1-3-4-13-31-23-12-11-19(16-22(23)26)25(30)28-21-10-6-8-18(15-21)24(29)27-20-9-5-7-17(2)14-20/h5-12,14-16H,3-4,13H2,1-2H3,(H,27,29)(H,28,30). The number of carbonyl (C=O) groups excluding carboxylic acids is 2. The highest BCUT2D eigenvalue weighted by molar-refractivity contribution is 9.10. The zero-order chi connectivity index (χ0) is 22.2. The third-order valence-corrected chi connectivity index (χ3v) is 5.23. The Balaban J connectivity index is 1.67. The third kappa shape index (κ3) is 6.43. The molecule has 0 radical (unpaired) electrons. The molecule has 0 aromatic heterocycles. The molecule has 0 spiro atoms. The summed E-state index contributed by atoms with van der Waals surface area (Å²) in [5, 5.41) is 5.72. The molecule has 0 aliphatic rings. The first-order valence-electron chi connectivity index (χ1n) is 10.2. The number of hydrogen-bond donors (Lipinski definition) is 2. The lowest BCUT2D eigenvalue weighted by atomic mass is 10.1. The predicted octanol–water partition coefficient (Wildman–Crippen LogP) is 6.44. The second-order valence-corrected chi connectivity index (χ2v) is 8.06. The molecule has 0 aliphatic heterocycles. The van der Waals surface area contributed by atoms with Crippen LogP contribution in [0.2, 0.25) is 0 Å². The number of benzene rings is 3. The molecule has 0 fully saturated rings. The zero-order valence-electron chi connectivity index (χ0n) is 17.6. The Morgan fingerprint density at radius 1 is 0.871 bits per heavy atom. The van der Waals surface area contributed by atoms with Crippen molar-refractivity contribution in [2.24, 2.45) is 0 Å². The van der Waals surface area contributed by atoms with Gasteiger partial charge in [-0.2, -0.15) is 0 Å². The van der Waals surface area contributed by atoms with Crippen molar-refractivity contribution in [3.63, 3.8) is 0 Å². The first-order chi connectivity index (χ1) is 15.0. The van der Waals surface area contributed by atoms with Gasteiger partial charge in [-0.15, -0.1) is 0 Å². The number of unbranched alkanes of at least 4 members (excludes halogenated alkanes) is 1. The number of amides is 2. The van der Waals surface area contributed by atoms with E-state index in [0.29, 0.717) is 29.2 Å². The number of ether oxygens (including phenoxy) is 1. The summed E-state index contributed by atoms with van der Waals surface area (Å²) in [6, 6.07) is 19.7. The number of aryl methyl sites for hydroxylation is 1. The van der Waals surface area contributed by atoms with Gasteiger partial charge in [-0.3, -0.25) is 9.59 Å². The van der Waals surface area contributed by atoms with E-state index < -0.39 is 0 Å².